The topological polar surface area (TPSA) is 92.6 Å². The lowest BCUT2D eigenvalue weighted by Gasteiger charge is -2.22. The first-order chi connectivity index (χ1) is 19.6. The average Bonchev–Trinajstić information content (AvgIpc) is 3.63. The quantitative estimate of drug-likeness (QED) is 0.205. The Bertz CT molecular complexity index is 1560. The van der Waals surface area contributed by atoms with Crippen molar-refractivity contribution in [3.63, 3.8) is 0 Å². The molecule has 8 heteroatoms. The predicted molar refractivity (Wildman–Crippen MR) is 154 cm³/mol. The molecule has 3 aromatic carbocycles. The summed E-state index contributed by atoms with van der Waals surface area (Å²) in [4.78, 5) is 23.0. The number of para-hydroxylation sites is 2. The van der Waals surface area contributed by atoms with Gasteiger partial charge in [0.25, 0.3) is 5.91 Å². The average molecular weight is 539 g/mol. The number of hydrogen-bond acceptors (Lipinski definition) is 6. The van der Waals surface area contributed by atoms with Crippen molar-refractivity contribution in [1.82, 2.24) is 20.2 Å². The van der Waals surface area contributed by atoms with Crippen LogP contribution in [0.1, 0.15) is 46.0 Å². The lowest BCUT2D eigenvalue weighted by atomic mass is 10.1. The van der Waals surface area contributed by atoms with Gasteiger partial charge in [-0.05, 0) is 36.6 Å². The van der Waals surface area contributed by atoms with Gasteiger partial charge < -0.3 is 24.2 Å². The van der Waals surface area contributed by atoms with Gasteiger partial charge >= 0.3 is 0 Å². The van der Waals surface area contributed by atoms with Gasteiger partial charge in [-0.15, -0.1) is 0 Å². The molecule has 0 saturated heterocycles. The smallest absolute Gasteiger partial charge is 0.273 e. The Labute approximate surface area is 233 Å². The van der Waals surface area contributed by atoms with Crippen LogP contribution in [0.15, 0.2) is 89.7 Å². The Balaban J connectivity index is 1.33. The number of H-pyrrole nitrogens is 1. The molecule has 0 saturated carbocycles. The molecular formula is C32H34N4O4. The van der Waals surface area contributed by atoms with Crippen molar-refractivity contribution in [1.29, 1.82) is 0 Å². The number of amides is 1. The fourth-order valence-electron chi connectivity index (χ4n) is 4.92. The van der Waals surface area contributed by atoms with Gasteiger partial charge in [0.2, 0.25) is 5.89 Å². The molecule has 206 valence electrons. The molecular weight excluding hydrogens is 504 g/mol. The zero-order valence-corrected chi connectivity index (χ0v) is 23.0. The normalized spacial score (nSPS) is 12.0. The highest BCUT2D eigenvalue weighted by Crippen LogP contribution is 2.32. The molecule has 2 heterocycles. The summed E-state index contributed by atoms with van der Waals surface area (Å²) in [5.74, 6) is 1.58. The van der Waals surface area contributed by atoms with Gasteiger partial charge in [-0.3, -0.25) is 9.69 Å². The van der Waals surface area contributed by atoms with Crippen LogP contribution >= 0.6 is 0 Å². The largest absolute Gasteiger partial charge is 0.493 e. The van der Waals surface area contributed by atoms with E-state index in [1.165, 1.54) is 17.2 Å². The lowest BCUT2D eigenvalue weighted by molar-refractivity contribution is 0.0934. The van der Waals surface area contributed by atoms with E-state index in [0.717, 1.165) is 29.6 Å². The predicted octanol–water partition coefficient (Wildman–Crippen LogP) is 5.91. The number of hydrogen-bond donors (Lipinski definition) is 2. The molecule has 5 rings (SSSR count). The van der Waals surface area contributed by atoms with E-state index in [0.29, 0.717) is 30.5 Å². The second-order valence-corrected chi connectivity index (χ2v) is 9.71. The van der Waals surface area contributed by atoms with E-state index in [4.69, 9.17) is 13.9 Å². The maximum atomic E-state index is 12.9. The number of benzene rings is 3. The number of oxazole rings is 1. The summed E-state index contributed by atoms with van der Waals surface area (Å²) in [5.41, 5.74) is 4.62. The molecule has 1 amide bonds. The molecule has 2 N–H and O–H groups in total. The van der Waals surface area contributed by atoms with Crippen LogP contribution in [0.25, 0.3) is 10.9 Å². The molecule has 40 heavy (non-hydrogen) atoms. The van der Waals surface area contributed by atoms with Crippen molar-refractivity contribution in [3.05, 3.63) is 114 Å². The lowest BCUT2D eigenvalue weighted by Crippen LogP contribution is -2.27. The number of rotatable bonds is 12. The van der Waals surface area contributed by atoms with Crippen LogP contribution in [0.2, 0.25) is 0 Å². The number of carbonyl (C=O) groups excluding carboxylic acids is 1. The van der Waals surface area contributed by atoms with Gasteiger partial charge in [0.1, 0.15) is 6.26 Å². The molecule has 8 nitrogen and oxygen atoms in total. The van der Waals surface area contributed by atoms with E-state index in [9.17, 15) is 4.79 Å². The van der Waals surface area contributed by atoms with E-state index in [2.05, 4.69) is 44.6 Å². The minimum Gasteiger partial charge on any atom is -0.493 e. The number of fused-ring (bicyclic) bond motifs is 1. The van der Waals surface area contributed by atoms with Crippen LogP contribution < -0.4 is 14.8 Å². The molecule has 0 aliphatic rings. The number of ether oxygens (including phenoxy) is 2. The molecule has 0 fully saturated rings. The van der Waals surface area contributed by atoms with E-state index >= 15 is 0 Å². The fourth-order valence-corrected chi connectivity index (χ4v) is 4.92. The van der Waals surface area contributed by atoms with Crippen molar-refractivity contribution in [2.75, 3.05) is 20.8 Å². The number of aromatic amines is 1. The second kappa shape index (κ2) is 12.5. The number of carbonyl (C=O) groups is 1. The fraction of sp³-hybridized carbons (Fsp3) is 0.250. The molecule has 0 unspecified atom stereocenters. The second-order valence-electron chi connectivity index (χ2n) is 9.71. The number of nitrogens with zero attached hydrogens (tertiary/aromatic N) is 2. The molecule has 0 bridgehead atoms. The van der Waals surface area contributed by atoms with Crippen LogP contribution in [-0.2, 0) is 19.5 Å². The van der Waals surface area contributed by atoms with Gasteiger partial charge in [-0.1, -0.05) is 60.7 Å². The highest BCUT2D eigenvalue weighted by atomic mass is 16.5. The molecule has 2 aromatic heterocycles. The van der Waals surface area contributed by atoms with Gasteiger partial charge in [-0.25, -0.2) is 4.98 Å². The van der Waals surface area contributed by atoms with Crippen LogP contribution in [-0.4, -0.2) is 41.5 Å². The van der Waals surface area contributed by atoms with E-state index in [1.54, 1.807) is 14.2 Å². The van der Waals surface area contributed by atoms with E-state index < -0.39 is 0 Å². The van der Waals surface area contributed by atoms with Gasteiger partial charge in [0.15, 0.2) is 17.2 Å². The number of aromatic nitrogens is 2. The molecule has 0 radical (unpaired) electrons. The summed E-state index contributed by atoms with van der Waals surface area (Å²) in [7, 11) is 3.28. The van der Waals surface area contributed by atoms with Crippen molar-refractivity contribution >= 4 is 16.8 Å². The molecule has 1 atom stereocenters. The van der Waals surface area contributed by atoms with Crippen LogP contribution in [0, 0.1) is 0 Å². The Morgan fingerprint density at radius 3 is 2.58 bits per heavy atom. The summed E-state index contributed by atoms with van der Waals surface area (Å²) in [6.07, 6.45) is 4.31. The third-order valence-electron chi connectivity index (χ3n) is 7.04. The Morgan fingerprint density at radius 2 is 1.77 bits per heavy atom. The maximum Gasteiger partial charge on any atom is 0.273 e. The third-order valence-corrected chi connectivity index (χ3v) is 7.04. The van der Waals surface area contributed by atoms with Crippen LogP contribution in [0.5, 0.6) is 11.5 Å². The van der Waals surface area contributed by atoms with Crippen molar-refractivity contribution in [3.8, 4) is 11.5 Å². The Hall–Kier alpha value is -4.56. The van der Waals surface area contributed by atoms with E-state index in [1.807, 2.05) is 61.5 Å². The van der Waals surface area contributed by atoms with Crippen molar-refractivity contribution in [2.24, 2.45) is 0 Å². The maximum absolute atomic E-state index is 12.9. The minimum atomic E-state index is -0.272. The Morgan fingerprint density at radius 1 is 0.975 bits per heavy atom. The van der Waals surface area contributed by atoms with Gasteiger partial charge in [0.05, 0.1) is 26.8 Å². The van der Waals surface area contributed by atoms with E-state index in [-0.39, 0.29) is 17.6 Å². The molecule has 0 spiro atoms. The summed E-state index contributed by atoms with van der Waals surface area (Å²) >= 11 is 0. The molecule has 5 aromatic rings. The van der Waals surface area contributed by atoms with Gasteiger partial charge in [-0.2, -0.15) is 0 Å². The molecule has 0 aliphatic carbocycles. The first kappa shape index (κ1) is 27.0. The SMILES string of the molecule is COc1cccc(CN(CCc2c[nH]c3ccccc23)Cc2nc(C(=O)N[C@H](C)c3ccccc3)co2)c1OC. The van der Waals surface area contributed by atoms with Gasteiger partial charge in [0, 0.05) is 35.8 Å². The van der Waals surface area contributed by atoms with Crippen molar-refractivity contribution in [2.45, 2.75) is 32.5 Å². The number of nitrogens with one attached hydrogen (secondary N) is 2. The monoisotopic (exact) mass is 538 g/mol. The zero-order valence-electron chi connectivity index (χ0n) is 23.0. The summed E-state index contributed by atoms with van der Waals surface area (Å²) in [6.45, 7) is 3.68. The first-order valence-electron chi connectivity index (χ1n) is 13.3. The summed E-state index contributed by atoms with van der Waals surface area (Å²) in [6, 6.07) is 23.8. The zero-order chi connectivity index (χ0) is 27.9. The summed E-state index contributed by atoms with van der Waals surface area (Å²) < 4.78 is 17.0. The molecule has 0 aliphatic heterocycles. The minimum absolute atomic E-state index is 0.151. The standard InChI is InChI=1S/C32H34N4O4/c1-22(23-10-5-4-6-11-23)34-32(37)28-21-40-30(35-28)20-36(19-25-12-9-15-29(38-2)31(25)39-3)17-16-24-18-33-27-14-8-7-13-26(24)27/h4-15,18,21-22,33H,16-17,19-20H2,1-3H3,(H,34,37)/t22-/m1/s1. The third kappa shape index (κ3) is 6.18. The first-order valence-corrected chi connectivity index (χ1v) is 13.3. The number of methoxy groups -OCH3 is 2. The Kier molecular flexibility index (Phi) is 8.47. The highest BCUT2D eigenvalue weighted by molar-refractivity contribution is 5.92. The van der Waals surface area contributed by atoms with Crippen LogP contribution in [0.3, 0.4) is 0 Å². The summed E-state index contributed by atoms with van der Waals surface area (Å²) in [5, 5.41) is 4.21. The van der Waals surface area contributed by atoms with Crippen molar-refractivity contribution < 1.29 is 18.7 Å². The highest BCUT2D eigenvalue weighted by Gasteiger charge is 2.19. The van der Waals surface area contributed by atoms with Crippen LogP contribution in [0.4, 0.5) is 0 Å².